The van der Waals surface area contributed by atoms with Crippen LogP contribution in [0, 0.1) is 0 Å². The molecule has 0 aliphatic carbocycles. The van der Waals surface area contributed by atoms with Crippen LogP contribution in [0.2, 0.25) is 0 Å². The molecule has 0 spiro atoms. The number of aromatic hydroxyl groups is 3. The number of hydrogen-bond donors (Lipinski definition) is 9. The Labute approximate surface area is 230 Å². The maximum atomic E-state index is 13.5. The van der Waals surface area contributed by atoms with Gasteiger partial charge in [0.2, 0.25) is 17.5 Å². The molecule has 222 valence electrons. The molecule has 0 bridgehead atoms. The molecular weight excluding hydrogens is 552 g/mol. The summed E-state index contributed by atoms with van der Waals surface area (Å²) in [5.41, 5.74) is -2.93. The van der Waals surface area contributed by atoms with Crippen LogP contribution >= 0.6 is 0 Å². The minimum atomic E-state index is -1.98. The van der Waals surface area contributed by atoms with Crippen LogP contribution in [0.3, 0.4) is 0 Å². The Balaban J connectivity index is 1.47. The molecule has 41 heavy (non-hydrogen) atoms. The Bertz CT molecular complexity index is 1460. The maximum Gasteiger partial charge on any atom is 0.239 e. The van der Waals surface area contributed by atoms with Crippen molar-refractivity contribution in [2.24, 2.45) is 0 Å². The molecule has 15 heteroatoms. The largest absolute Gasteiger partial charge is 0.508 e. The number of aliphatic hydroxyl groups is 6. The summed E-state index contributed by atoms with van der Waals surface area (Å²) in [5, 5.41) is 90.7. The predicted molar refractivity (Wildman–Crippen MR) is 134 cm³/mol. The molecule has 5 rings (SSSR count). The van der Waals surface area contributed by atoms with Crippen molar-refractivity contribution in [3.63, 3.8) is 0 Å². The predicted octanol–water partition coefficient (Wildman–Crippen LogP) is -1.78. The average Bonchev–Trinajstić information content (AvgIpc) is 3.23. The molecule has 15 nitrogen and oxygen atoms in total. The maximum absolute atomic E-state index is 13.5. The second-order valence-corrected chi connectivity index (χ2v) is 9.83. The highest BCUT2D eigenvalue weighted by Crippen LogP contribution is 2.37. The van der Waals surface area contributed by atoms with E-state index < -0.39 is 91.2 Å². The van der Waals surface area contributed by atoms with Gasteiger partial charge in [0.05, 0.1) is 19.8 Å². The van der Waals surface area contributed by atoms with E-state index in [4.69, 9.17) is 23.4 Å². The monoisotopic (exact) mass is 580 g/mol. The van der Waals surface area contributed by atoms with E-state index in [0.29, 0.717) is 0 Å². The lowest BCUT2D eigenvalue weighted by Crippen LogP contribution is -2.60. The van der Waals surface area contributed by atoms with Crippen LogP contribution in [-0.2, 0) is 14.2 Å². The van der Waals surface area contributed by atoms with Crippen LogP contribution in [0.5, 0.6) is 23.0 Å². The van der Waals surface area contributed by atoms with E-state index in [-0.39, 0.29) is 28.0 Å². The Morgan fingerprint density at radius 3 is 2.29 bits per heavy atom. The van der Waals surface area contributed by atoms with E-state index in [1.54, 1.807) is 0 Å². The van der Waals surface area contributed by atoms with Gasteiger partial charge in [-0.15, -0.1) is 0 Å². The van der Waals surface area contributed by atoms with Crippen LogP contribution in [-0.4, -0.2) is 114 Å². The lowest BCUT2D eigenvalue weighted by atomic mass is 9.99. The van der Waals surface area contributed by atoms with E-state index in [0.717, 1.165) is 12.1 Å². The van der Waals surface area contributed by atoms with Gasteiger partial charge in [0.25, 0.3) is 0 Å². The Morgan fingerprint density at radius 2 is 1.63 bits per heavy atom. The van der Waals surface area contributed by atoms with Gasteiger partial charge in [-0.25, -0.2) is 0 Å². The van der Waals surface area contributed by atoms with Gasteiger partial charge in [-0.3, -0.25) is 4.79 Å². The zero-order chi connectivity index (χ0) is 29.6. The molecule has 3 heterocycles. The third-order valence-electron chi connectivity index (χ3n) is 6.95. The molecule has 8 atom stereocenters. The quantitative estimate of drug-likeness (QED) is 0.150. The van der Waals surface area contributed by atoms with E-state index >= 15 is 0 Å². The van der Waals surface area contributed by atoms with E-state index in [1.807, 2.05) is 0 Å². The number of phenolic OH excluding ortho intramolecular Hbond substituents is 3. The fraction of sp³-hybridized carbons (Fsp3) is 0.423. The van der Waals surface area contributed by atoms with E-state index in [2.05, 4.69) is 0 Å². The summed E-state index contributed by atoms with van der Waals surface area (Å²) in [5.74, 6) is -1.97. The van der Waals surface area contributed by atoms with E-state index in [9.17, 15) is 50.8 Å². The van der Waals surface area contributed by atoms with Crippen molar-refractivity contribution in [3.8, 4) is 34.3 Å². The number of phenols is 3. The third kappa shape index (κ3) is 5.30. The minimum absolute atomic E-state index is 0.102. The number of hydrogen-bond acceptors (Lipinski definition) is 15. The van der Waals surface area contributed by atoms with Gasteiger partial charge in [0, 0.05) is 17.7 Å². The summed E-state index contributed by atoms with van der Waals surface area (Å²) in [7, 11) is 0. The third-order valence-corrected chi connectivity index (χ3v) is 6.95. The Morgan fingerprint density at radius 1 is 0.927 bits per heavy atom. The molecule has 2 fully saturated rings. The molecule has 2 aromatic carbocycles. The molecule has 2 aliphatic heterocycles. The standard InChI is InChI=1S/C26H28O15/c27-8-26(36)9-38-25(23(26)35)37-7-15-17(31)19(33)20(34)24(40-15)41-22-18(32)16-13(30)5-12(29)6-14(16)39-21(22)10-1-3-11(28)4-2-10/h1-6,15,17,19-20,23-25,27-31,33-36H,7-9H2/t15-,17+,19+,20+,23-,24-,25+,26-/m0/s1. The van der Waals surface area contributed by atoms with Gasteiger partial charge in [-0.05, 0) is 24.3 Å². The van der Waals surface area contributed by atoms with Gasteiger partial charge in [-0.1, -0.05) is 0 Å². The van der Waals surface area contributed by atoms with Crippen molar-refractivity contribution in [2.45, 2.75) is 48.7 Å². The zero-order valence-electron chi connectivity index (χ0n) is 21.1. The molecular formula is C26H28O15. The van der Waals surface area contributed by atoms with Gasteiger partial charge in [0.1, 0.15) is 64.3 Å². The topological polar surface area (TPSA) is 249 Å². The summed E-state index contributed by atoms with van der Waals surface area (Å²) >= 11 is 0. The van der Waals surface area contributed by atoms with Crippen LogP contribution in [0.1, 0.15) is 0 Å². The van der Waals surface area contributed by atoms with Crippen molar-refractivity contribution in [1.29, 1.82) is 0 Å². The molecule has 0 unspecified atom stereocenters. The number of benzene rings is 2. The summed E-state index contributed by atoms with van der Waals surface area (Å²) in [4.78, 5) is 13.5. The first-order valence-corrected chi connectivity index (χ1v) is 12.4. The zero-order valence-corrected chi connectivity index (χ0v) is 21.1. The van der Waals surface area contributed by atoms with Crippen molar-refractivity contribution in [2.75, 3.05) is 19.8 Å². The molecule has 1 aromatic heterocycles. The van der Waals surface area contributed by atoms with Crippen molar-refractivity contribution in [1.82, 2.24) is 0 Å². The number of rotatable bonds is 7. The van der Waals surface area contributed by atoms with Crippen molar-refractivity contribution in [3.05, 3.63) is 46.6 Å². The van der Waals surface area contributed by atoms with Crippen LogP contribution < -0.4 is 10.2 Å². The summed E-state index contributed by atoms with van der Waals surface area (Å²) in [6.45, 7) is -1.82. The lowest BCUT2D eigenvalue weighted by Gasteiger charge is -2.40. The first-order chi connectivity index (χ1) is 19.4. The second kappa shape index (κ2) is 11.1. The highest BCUT2D eigenvalue weighted by molar-refractivity contribution is 5.88. The van der Waals surface area contributed by atoms with Gasteiger partial charge in [0.15, 0.2) is 12.1 Å². The molecule has 0 amide bonds. The van der Waals surface area contributed by atoms with Crippen molar-refractivity contribution < 1.29 is 69.3 Å². The minimum Gasteiger partial charge on any atom is -0.508 e. The van der Waals surface area contributed by atoms with Crippen LogP contribution in [0.25, 0.3) is 22.3 Å². The Hall–Kier alpha value is -3.51. The average molecular weight is 580 g/mol. The first-order valence-electron chi connectivity index (χ1n) is 12.4. The lowest BCUT2D eigenvalue weighted by molar-refractivity contribution is -0.289. The SMILES string of the molecule is O=c1c(O[C@@H]2O[C@@H](CO[C@@H]3OC[C@@](O)(CO)[C@H]3O)[C@@H](O)[C@@H](O)[C@H]2O)c(-c2ccc(O)cc2)oc2cc(O)cc(O)c12. The van der Waals surface area contributed by atoms with Crippen LogP contribution in [0.15, 0.2) is 45.6 Å². The van der Waals surface area contributed by atoms with Gasteiger partial charge in [-0.2, -0.15) is 0 Å². The fourth-order valence-corrected chi connectivity index (χ4v) is 4.57. The highest BCUT2D eigenvalue weighted by atomic mass is 16.7. The molecule has 2 saturated heterocycles. The molecule has 0 saturated carbocycles. The summed E-state index contributed by atoms with van der Waals surface area (Å²) in [6.07, 6.45) is -11.9. The van der Waals surface area contributed by atoms with E-state index in [1.165, 1.54) is 24.3 Å². The van der Waals surface area contributed by atoms with Crippen molar-refractivity contribution >= 4 is 11.0 Å². The Kier molecular flexibility index (Phi) is 7.82. The number of ether oxygens (including phenoxy) is 4. The molecule has 0 radical (unpaired) electrons. The van der Waals surface area contributed by atoms with Crippen LogP contribution in [0.4, 0.5) is 0 Å². The normalized spacial score (nSPS) is 31.9. The summed E-state index contributed by atoms with van der Waals surface area (Å²) in [6, 6.07) is 7.33. The van der Waals surface area contributed by atoms with Gasteiger partial charge < -0.3 is 69.3 Å². The summed E-state index contributed by atoms with van der Waals surface area (Å²) < 4.78 is 27.6. The highest BCUT2D eigenvalue weighted by Gasteiger charge is 2.50. The fourth-order valence-electron chi connectivity index (χ4n) is 4.57. The first kappa shape index (κ1) is 29.0. The molecule has 3 aromatic rings. The second-order valence-electron chi connectivity index (χ2n) is 9.83. The van der Waals surface area contributed by atoms with Gasteiger partial charge >= 0.3 is 0 Å². The number of fused-ring (bicyclic) bond motifs is 1. The smallest absolute Gasteiger partial charge is 0.239 e. The molecule has 9 N–H and O–H groups in total. The number of aliphatic hydroxyl groups excluding tert-OH is 5. The molecule has 2 aliphatic rings.